The molecule has 1 N–H and O–H groups in total. The predicted octanol–water partition coefficient (Wildman–Crippen LogP) is 1.56. The molecule has 0 radical (unpaired) electrons. The summed E-state index contributed by atoms with van der Waals surface area (Å²) in [5, 5.41) is 10.6. The van der Waals surface area contributed by atoms with Crippen LogP contribution in [0.5, 0.6) is 5.75 Å². The maximum absolute atomic E-state index is 11.0. The summed E-state index contributed by atoms with van der Waals surface area (Å²) >= 11 is 0. The summed E-state index contributed by atoms with van der Waals surface area (Å²) in [4.78, 5) is 13.0. The molecule has 0 aliphatic carbocycles. The summed E-state index contributed by atoms with van der Waals surface area (Å²) in [6, 6.07) is 6.38. The lowest BCUT2D eigenvalue weighted by Gasteiger charge is -2.11. The molecule has 2 rings (SSSR count). The first-order valence-corrected chi connectivity index (χ1v) is 4.97. The van der Waals surface area contributed by atoms with Gasteiger partial charge in [0.05, 0.1) is 0 Å². The molecule has 0 saturated heterocycles. The van der Waals surface area contributed by atoms with E-state index in [1.54, 1.807) is 6.07 Å². The van der Waals surface area contributed by atoms with Crippen LogP contribution in [-0.4, -0.2) is 24.1 Å². The molecular weight excluding hydrogens is 206 g/mol. The third-order valence-corrected chi connectivity index (χ3v) is 2.31. The number of rotatable bonds is 2. The van der Waals surface area contributed by atoms with E-state index in [1.165, 1.54) is 12.1 Å². The minimum absolute atomic E-state index is 0.149. The van der Waals surface area contributed by atoms with E-state index in [1.807, 2.05) is 25.1 Å². The molecule has 1 heterocycles. The SMILES string of the molecule is CN(C)Cc1cc2ccc(=O)oc2cc1O. The number of aromatic hydroxyl groups is 1. The van der Waals surface area contributed by atoms with Crippen molar-refractivity contribution in [2.75, 3.05) is 14.1 Å². The Morgan fingerprint density at radius 2 is 2.06 bits per heavy atom. The van der Waals surface area contributed by atoms with Crippen molar-refractivity contribution in [3.05, 3.63) is 40.2 Å². The van der Waals surface area contributed by atoms with Crippen LogP contribution in [0, 0.1) is 0 Å². The zero-order valence-electron chi connectivity index (χ0n) is 9.23. The van der Waals surface area contributed by atoms with Crippen LogP contribution in [0.1, 0.15) is 5.56 Å². The lowest BCUT2D eigenvalue weighted by molar-refractivity contribution is 0.386. The second kappa shape index (κ2) is 3.98. The molecule has 0 aliphatic heterocycles. The Balaban J connectivity index is 2.58. The molecule has 0 fully saturated rings. The number of fused-ring (bicyclic) bond motifs is 1. The molecule has 4 heteroatoms. The van der Waals surface area contributed by atoms with Gasteiger partial charge < -0.3 is 14.4 Å². The van der Waals surface area contributed by atoms with Gasteiger partial charge in [-0.05, 0) is 26.2 Å². The third kappa shape index (κ3) is 2.06. The first-order chi connectivity index (χ1) is 7.56. The van der Waals surface area contributed by atoms with Gasteiger partial charge in [0, 0.05) is 29.6 Å². The Morgan fingerprint density at radius 3 is 2.75 bits per heavy atom. The first kappa shape index (κ1) is 10.7. The number of hydrogen-bond donors (Lipinski definition) is 1. The largest absolute Gasteiger partial charge is 0.507 e. The van der Waals surface area contributed by atoms with E-state index < -0.39 is 5.63 Å². The molecule has 0 atom stereocenters. The molecule has 0 saturated carbocycles. The maximum atomic E-state index is 11.0. The second-order valence-electron chi connectivity index (χ2n) is 4.01. The Morgan fingerprint density at radius 1 is 1.31 bits per heavy atom. The summed E-state index contributed by atoms with van der Waals surface area (Å²) < 4.78 is 4.97. The molecular formula is C12H13NO3. The van der Waals surface area contributed by atoms with Gasteiger partial charge in [-0.3, -0.25) is 0 Å². The fourth-order valence-electron chi connectivity index (χ4n) is 1.62. The molecule has 0 spiro atoms. The molecule has 1 aromatic carbocycles. The molecule has 1 aromatic heterocycles. The van der Waals surface area contributed by atoms with Crippen molar-refractivity contribution in [3.8, 4) is 5.75 Å². The minimum Gasteiger partial charge on any atom is -0.507 e. The molecule has 84 valence electrons. The topological polar surface area (TPSA) is 53.7 Å². The van der Waals surface area contributed by atoms with Crippen LogP contribution in [0.3, 0.4) is 0 Å². The number of benzene rings is 1. The highest BCUT2D eigenvalue weighted by Crippen LogP contribution is 2.24. The molecule has 4 nitrogen and oxygen atoms in total. The van der Waals surface area contributed by atoms with Gasteiger partial charge in [-0.15, -0.1) is 0 Å². The zero-order chi connectivity index (χ0) is 11.7. The molecule has 0 unspecified atom stereocenters. The minimum atomic E-state index is -0.410. The summed E-state index contributed by atoms with van der Waals surface area (Å²) in [5.41, 5.74) is 0.811. The van der Waals surface area contributed by atoms with Crippen LogP contribution in [0.15, 0.2) is 33.5 Å². The van der Waals surface area contributed by atoms with Gasteiger partial charge in [0.1, 0.15) is 11.3 Å². The first-order valence-electron chi connectivity index (χ1n) is 4.97. The second-order valence-corrected chi connectivity index (χ2v) is 4.01. The van der Waals surface area contributed by atoms with Crippen LogP contribution in [0.25, 0.3) is 11.0 Å². The predicted molar refractivity (Wildman–Crippen MR) is 61.5 cm³/mol. The fraction of sp³-hybridized carbons (Fsp3) is 0.250. The molecule has 2 aromatic rings. The van der Waals surface area contributed by atoms with E-state index in [0.717, 1.165) is 10.9 Å². The summed E-state index contributed by atoms with van der Waals surface area (Å²) in [6.45, 7) is 0.640. The van der Waals surface area contributed by atoms with Gasteiger partial charge in [0.15, 0.2) is 0 Å². The maximum Gasteiger partial charge on any atom is 0.336 e. The normalized spacial score (nSPS) is 11.2. The van der Waals surface area contributed by atoms with Crippen molar-refractivity contribution in [1.82, 2.24) is 4.90 Å². The standard InChI is InChI=1S/C12H13NO3/c1-13(2)7-9-5-8-3-4-12(15)16-11(8)6-10(9)14/h3-6,14H,7H2,1-2H3. The Hall–Kier alpha value is -1.81. The van der Waals surface area contributed by atoms with E-state index in [9.17, 15) is 9.90 Å². The van der Waals surface area contributed by atoms with Gasteiger partial charge >= 0.3 is 5.63 Å². The summed E-state index contributed by atoms with van der Waals surface area (Å²) in [7, 11) is 3.85. The lowest BCUT2D eigenvalue weighted by atomic mass is 10.1. The van der Waals surface area contributed by atoms with Gasteiger partial charge in [-0.2, -0.15) is 0 Å². The molecule has 16 heavy (non-hydrogen) atoms. The third-order valence-electron chi connectivity index (χ3n) is 2.31. The Bertz CT molecular complexity index is 572. The van der Waals surface area contributed by atoms with E-state index in [0.29, 0.717) is 12.1 Å². The lowest BCUT2D eigenvalue weighted by Crippen LogP contribution is -2.10. The van der Waals surface area contributed by atoms with Crippen LogP contribution >= 0.6 is 0 Å². The van der Waals surface area contributed by atoms with Gasteiger partial charge in [-0.25, -0.2) is 4.79 Å². The van der Waals surface area contributed by atoms with E-state index in [-0.39, 0.29) is 5.75 Å². The van der Waals surface area contributed by atoms with Gasteiger partial charge in [-0.1, -0.05) is 0 Å². The average molecular weight is 219 g/mol. The van der Waals surface area contributed by atoms with Crippen LogP contribution in [0.2, 0.25) is 0 Å². The van der Waals surface area contributed by atoms with E-state index >= 15 is 0 Å². The zero-order valence-corrected chi connectivity index (χ0v) is 9.23. The van der Waals surface area contributed by atoms with Crippen molar-refractivity contribution in [2.24, 2.45) is 0 Å². The van der Waals surface area contributed by atoms with Crippen molar-refractivity contribution in [2.45, 2.75) is 6.54 Å². The van der Waals surface area contributed by atoms with Crippen molar-refractivity contribution >= 4 is 11.0 Å². The molecule has 0 aliphatic rings. The summed E-state index contributed by atoms with van der Waals surface area (Å²) in [5.74, 6) is 0.149. The van der Waals surface area contributed by atoms with Crippen molar-refractivity contribution in [1.29, 1.82) is 0 Å². The van der Waals surface area contributed by atoms with Gasteiger partial charge in [0.2, 0.25) is 0 Å². The fourth-order valence-corrected chi connectivity index (χ4v) is 1.62. The van der Waals surface area contributed by atoms with Crippen LogP contribution < -0.4 is 5.63 Å². The quantitative estimate of drug-likeness (QED) is 0.779. The smallest absolute Gasteiger partial charge is 0.336 e. The number of hydrogen-bond acceptors (Lipinski definition) is 4. The molecule has 0 amide bonds. The number of phenols is 1. The van der Waals surface area contributed by atoms with Crippen LogP contribution in [-0.2, 0) is 6.54 Å². The summed E-state index contributed by atoms with van der Waals surface area (Å²) in [6.07, 6.45) is 0. The highest BCUT2D eigenvalue weighted by molar-refractivity contribution is 5.79. The molecule has 0 bridgehead atoms. The van der Waals surface area contributed by atoms with Gasteiger partial charge in [0.25, 0.3) is 0 Å². The van der Waals surface area contributed by atoms with E-state index in [4.69, 9.17) is 4.42 Å². The Kier molecular flexibility index (Phi) is 2.66. The van der Waals surface area contributed by atoms with Crippen molar-refractivity contribution < 1.29 is 9.52 Å². The monoisotopic (exact) mass is 219 g/mol. The highest BCUT2D eigenvalue weighted by atomic mass is 16.4. The highest BCUT2D eigenvalue weighted by Gasteiger charge is 2.06. The Labute approximate surface area is 92.7 Å². The van der Waals surface area contributed by atoms with Crippen molar-refractivity contribution in [3.63, 3.8) is 0 Å². The number of nitrogens with zero attached hydrogens (tertiary/aromatic N) is 1. The number of phenolic OH excluding ortho intramolecular Hbond substituents is 1. The van der Waals surface area contributed by atoms with E-state index in [2.05, 4.69) is 0 Å². The van der Waals surface area contributed by atoms with Crippen LogP contribution in [0.4, 0.5) is 0 Å². The average Bonchev–Trinajstić information content (AvgIpc) is 2.19.